The van der Waals surface area contributed by atoms with Gasteiger partial charge in [0, 0.05) is 23.2 Å². The molecule has 1 saturated carbocycles. The number of hydrogen-bond donors (Lipinski definition) is 1. The largest absolute Gasteiger partial charge is 0.351 e. The molecule has 1 aliphatic carbocycles. The molecule has 0 bridgehead atoms. The number of aryl methyl sites for hydroxylation is 1. The molecule has 5 rings (SSSR count). The van der Waals surface area contributed by atoms with Crippen molar-refractivity contribution in [1.82, 2.24) is 20.0 Å². The first kappa shape index (κ1) is 23.0. The Kier molecular flexibility index (Phi) is 6.66. The molecule has 2 aliphatic rings. The number of amides is 2. The second kappa shape index (κ2) is 9.84. The Balaban J connectivity index is 1.58. The maximum absolute atomic E-state index is 13.8. The second-order valence-electron chi connectivity index (χ2n) is 8.88. The van der Waals surface area contributed by atoms with E-state index in [1.807, 2.05) is 66.2 Å². The Morgan fingerprint density at radius 2 is 1.82 bits per heavy atom. The summed E-state index contributed by atoms with van der Waals surface area (Å²) in [5.74, 6) is 0.0431. The van der Waals surface area contributed by atoms with Crippen LogP contribution in [0.1, 0.15) is 48.5 Å². The van der Waals surface area contributed by atoms with E-state index in [0.717, 1.165) is 53.2 Å². The number of nitrogens with one attached hydrogen (secondary N) is 1. The summed E-state index contributed by atoms with van der Waals surface area (Å²) in [6, 6.07) is 16.7. The average molecular weight is 495 g/mol. The van der Waals surface area contributed by atoms with E-state index in [4.69, 9.17) is 16.7 Å². The quantitative estimate of drug-likeness (QED) is 0.537. The molecule has 1 atom stereocenters. The van der Waals surface area contributed by atoms with Gasteiger partial charge in [0.05, 0.1) is 17.1 Å². The number of hydrogen-bond acceptors (Lipinski definition) is 4. The maximum atomic E-state index is 13.8. The number of carbonyl (C=O) groups is 2. The fourth-order valence-corrected chi connectivity index (χ4v) is 6.05. The van der Waals surface area contributed by atoms with Gasteiger partial charge in [0.1, 0.15) is 11.1 Å². The van der Waals surface area contributed by atoms with Crippen molar-refractivity contribution in [3.05, 3.63) is 76.4 Å². The lowest BCUT2D eigenvalue weighted by molar-refractivity contribution is -0.140. The number of benzene rings is 2. The van der Waals surface area contributed by atoms with Gasteiger partial charge in [0.15, 0.2) is 0 Å². The number of para-hydroxylation sites is 1. The third-order valence-electron chi connectivity index (χ3n) is 6.52. The van der Waals surface area contributed by atoms with Gasteiger partial charge in [-0.1, -0.05) is 66.5 Å². The Bertz CT molecular complexity index is 1190. The first-order chi connectivity index (χ1) is 16.5. The zero-order chi connectivity index (χ0) is 23.7. The van der Waals surface area contributed by atoms with E-state index in [-0.39, 0.29) is 23.6 Å². The highest BCUT2D eigenvalue weighted by Gasteiger charge is 2.40. The lowest BCUT2D eigenvalue weighted by Crippen LogP contribution is -2.46. The minimum absolute atomic E-state index is 0.0678. The van der Waals surface area contributed by atoms with Gasteiger partial charge in [0.2, 0.25) is 11.8 Å². The topological polar surface area (TPSA) is 67.2 Å². The van der Waals surface area contributed by atoms with Crippen molar-refractivity contribution in [2.45, 2.75) is 56.3 Å². The van der Waals surface area contributed by atoms with Crippen LogP contribution in [0.5, 0.6) is 0 Å². The molecule has 0 spiro atoms. The predicted octanol–water partition coefficient (Wildman–Crippen LogP) is 5.07. The van der Waals surface area contributed by atoms with Gasteiger partial charge in [0.25, 0.3) is 0 Å². The molecule has 3 aromatic rings. The molecule has 6 nitrogen and oxygen atoms in total. The van der Waals surface area contributed by atoms with Crippen molar-refractivity contribution in [3.63, 3.8) is 0 Å². The van der Waals surface area contributed by atoms with Crippen molar-refractivity contribution in [2.24, 2.45) is 0 Å². The molecule has 2 heterocycles. The average Bonchev–Trinajstić information content (AvgIpc) is 3.43. The van der Waals surface area contributed by atoms with Gasteiger partial charge >= 0.3 is 0 Å². The second-order valence-corrected chi connectivity index (χ2v) is 10.3. The molecule has 34 heavy (non-hydrogen) atoms. The van der Waals surface area contributed by atoms with Crippen LogP contribution in [0.15, 0.2) is 59.6 Å². The summed E-state index contributed by atoms with van der Waals surface area (Å²) in [7, 11) is 0. The summed E-state index contributed by atoms with van der Waals surface area (Å²) in [5, 5.41) is 9.53. The van der Waals surface area contributed by atoms with Gasteiger partial charge in [-0.05, 0) is 49.6 Å². The van der Waals surface area contributed by atoms with Crippen LogP contribution in [0, 0.1) is 6.92 Å². The Hall–Kier alpha value is -2.77. The smallest absolute Gasteiger partial charge is 0.247 e. The Morgan fingerprint density at radius 3 is 2.53 bits per heavy atom. The van der Waals surface area contributed by atoms with Crippen molar-refractivity contribution in [2.75, 3.05) is 5.75 Å². The van der Waals surface area contributed by atoms with Crippen LogP contribution in [0.2, 0.25) is 5.02 Å². The van der Waals surface area contributed by atoms with Crippen LogP contribution in [0.4, 0.5) is 0 Å². The number of thioether (sulfide) groups is 1. The van der Waals surface area contributed by atoms with Crippen LogP contribution in [-0.2, 0) is 16.1 Å². The number of rotatable bonds is 5. The lowest BCUT2D eigenvalue weighted by atomic mass is 10.0. The molecular formula is C26H27ClN4O2S. The SMILES string of the molecule is Cc1nn(-c2ccccc2)c2c1[C@H](C(=O)NC1CCCC1)N(Cc1ccc(Cl)cc1)C(=O)CS2. The van der Waals surface area contributed by atoms with Gasteiger partial charge in [-0.3, -0.25) is 9.59 Å². The molecule has 176 valence electrons. The van der Waals surface area contributed by atoms with Crippen LogP contribution < -0.4 is 5.32 Å². The number of carbonyl (C=O) groups excluding carboxylic acids is 2. The summed E-state index contributed by atoms with van der Waals surface area (Å²) in [6.45, 7) is 2.25. The highest BCUT2D eigenvalue weighted by molar-refractivity contribution is 8.00. The fraction of sp³-hybridized carbons (Fsp3) is 0.346. The maximum Gasteiger partial charge on any atom is 0.247 e. The zero-order valence-electron chi connectivity index (χ0n) is 19.0. The van der Waals surface area contributed by atoms with E-state index in [1.54, 1.807) is 4.90 Å². The number of aromatic nitrogens is 2. The summed E-state index contributed by atoms with van der Waals surface area (Å²) in [4.78, 5) is 28.9. The summed E-state index contributed by atoms with van der Waals surface area (Å²) in [5.41, 5.74) is 3.41. The van der Waals surface area contributed by atoms with Crippen LogP contribution >= 0.6 is 23.4 Å². The lowest BCUT2D eigenvalue weighted by Gasteiger charge is -2.30. The standard InChI is InChI=1S/C26H27ClN4O2S/c1-17-23-24(25(33)28-20-7-5-6-8-20)30(15-18-11-13-19(27)14-12-18)22(32)16-34-26(23)31(29-17)21-9-3-2-4-10-21/h2-4,9-14,20,24H,5-8,15-16H2,1H3,(H,28,33)/t24-/m1/s1. The highest BCUT2D eigenvalue weighted by Crippen LogP contribution is 2.40. The molecule has 1 fully saturated rings. The van der Waals surface area contributed by atoms with Crippen LogP contribution in [0.3, 0.4) is 0 Å². The minimum Gasteiger partial charge on any atom is -0.351 e. The highest BCUT2D eigenvalue weighted by atomic mass is 35.5. The fourth-order valence-electron chi connectivity index (χ4n) is 4.82. The van der Waals surface area contributed by atoms with Gasteiger partial charge in [-0.25, -0.2) is 4.68 Å². The molecule has 8 heteroatoms. The molecule has 2 amide bonds. The third-order valence-corrected chi connectivity index (χ3v) is 7.83. The van der Waals surface area contributed by atoms with Crippen molar-refractivity contribution >= 4 is 35.2 Å². The Morgan fingerprint density at radius 1 is 1.12 bits per heavy atom. The minimum atomic E-state index is -0.744. The monoisotopic (exact) mass is 494 g/mol. The number of halogens is 1. The number of nitrogens with zero attached hydrogens (tertiary/aromatic N) is 3. The molecule has 1 N–H and O–H groups in total. The molecule has 0 unspecified atom stereocenters. The molecular weight excluding hydrogens is 468 g/mol. The van der Waals surface area contributed by atoms with E-state index in [0.29, 0.717) is 11.6 Å². The first-order valence-electron chi connectivity index (χ1n) is 11.6. The molecule has 0 radical (unpaired) electrons. The summed E-state index contributed by atoms with van der Waals surface area (Å²) >= 11 is 7.52. The third kappa shape index (κ3) is 4.59. The Labute approximate surface area is 208 Å². The van der Waals surface area contributed by atoms with E-state index >= 15 is 0 Å². The predicted molar refractivity (Wildman–Crippen MR) is 134 cm³/mol. The molecule has 2 aromatic carbocycles. The van der Waals surface area contributed by atoms with Crippen molar-refractivity contribution < 1.29 is 9.59 Å². The van der Waals surface area contributed by atoms with E-state index in [2.05, 4.69) is 5.32 Å². The summed E-state index contributed by atoms with van der Waals surface area (Å²) in [6.07, 6.45) is 4.20. The van der Waals surface area contributed by atoms with Crippen molar-refractivity contribution in [1.29, 1.82) is 0 Å². The van der Waals surface area contributed by atoms with Gasteiger partial charge < -0.3 is 10.2 Å². The van der Waals surface area contributed by atoms with E-state index in [9.17, 15) is 9.59 Å². The van der Waals surface area contributed by atoms with E-state index < -0.39 is 6.04 Å². The van der Waals surface area contributed by atoms with Gasteiger partial charge in [-0.2, -0.15) is 5.10 Å². The molecule has 1 aromatic heterocycles. The number of fused-ring (bicyclic) bond motifs is 1. The zero-order valence-corrected chi connectivity index (χ0v) is 20.6. The van der Waals surface area contributed by atoms with E-state index in [1.165, 1.54) is 11.8 Å². The molecule has 1 aliphatic heterocycles. The van der Waals surface area contributed by atoms with Crippen LogP contribution in [-0.4, -0.2) is 38.3 Å². The molecule has 0 saturated heterocycles. The first-order valence-corrected chi connectivity index (χ1v) is 13.0. The van der Waals surface area contributed by atoms with Crippen molar-refractivity contribution in [3.8, 4) is 5.69 Å². The normalized spacial score (nSPS) is 18.6. The summed E-state index contributed by atoms with van der Waals surface area (Å²) < 4.78 is 1.87. The van der Waals surface area contributed by atoms with Gasteiger partial charge in [-0.15, -0.1) is 0 Å². The van der Waals surface area contributed by atoms with Crippen LogP contribution in [0.25, 0.3) is 5.69 Å².